The third-order valence-electron chi connectivity index (χ3n) is 4.01. The molecule has 1 fully saturated rings. The molecule has 118 valence electrons. The number of hydrogen-bond acceptors (Lipinski definition) is 3. The van der Waals surface area contributed by atoms with Gasteiger partial charge in [0.25, 0.3) is 0 Å². The number of nitrogens with one attached hydrogen (secondary N) is 1. The first-order valence-corrected chi connectivity index (χ1v) is 9.76. The van der Waals surface area contributed by atoms with Crippen LogP contribution in [0.2, 0.25) is 0 Å². The van der Waals surface area contributed by atoms with E-state index in [2.05, 4.69) is 52.1 Å². The number of halogens is 1. The summed E-state index contributed by atoms with van der Waals surface area (Å²) >= 11 is 5.84. The van der Waals surface area contributed by atoms with Crippen molar-refractivity contribution in [2.75, 3.05) is 19.4 Å². The Morgan fingerprint density at radius 2 is 2.29 bits per heavy atom. The average Bonchev–Trinajstić information content (AvgIpc) is 2.54. The van der Waals surface area contributed by atoms with Crippen molar-refractivity contribution in [1.82, 2.24) is 5.32 Å². The lowest BCUT2D eigenvalue weighted by molar-refractivity contribution is 0.413. The summed E-state index contributed by atoms with van der Waals surface area (Å²) in [5.41, 5.74) is 1.34. The van der Waals surface area contributed by atoms with Crippen LogP contribution in [0, 0.1) is 0 Å². The van der Waals surface area contributed by atoms with Crippen molar-refractivity contribution in [3.05, 3.63) is 28.2 Å². The molecule has 4 heteroatoms. The zero-order valence-electron chi connectivity index (χ0n) is 13.0. The van der Waals surface area contributed by atoms with Gasteiger partial charge in [-0.2, -0.15) is 11.8 Å². The van der Waals surface area contributed by atoms with E-state index in [9.17, 15) is 0 Å². The van der Waals surface area contributed by atoms with Gasteiger partial charge in [-0.25, -0.2) is 0 Å². The summed E-state index contributed by atoms with van der Waals surface area (Å²) in [7, 11) is 1.73. The van der Waals surface area contributed by atoms with E-state index in [-0.39, 0.29) is 0 Å². The summed E-state index contributed by atoms with van der Waals surface area (Å²) in [4.78, 5) is 0. The third-order valence-corrected chi connectivity index (χ3v) is 6.30. The Labute approximate surface area is 141 Å². The molecule has 2 atom stereocenters. The van der Waals surface area contributed by atoms with E-state index in [1.165, 1.54) is 41.5 Å². The zero-order chi connectivity index (χ0) is 15.1. The van der Waals surface area contributed by atoms with Crippen LogP contribution in [-0.2, 0) is 6.42 Å². The summed E-state index contributed by atoms with van der Waals surface area (Å²) in [6, 6.07) is 6.83. The summed E-state index contributed by atoms with van der Waals surface area (Å²) in [5.74, 6) is 2.26. The lowest BCUT2D eigenvalue weighted by Gasteiger charge is -2.31. The van der Waals surface area contributed by atoms with Crippen molar-refractivity contribution in [3.8, 4) is 5.75 Å². The molecule has 0 amide bonds. The molecule has 2 rings (SSSR count). The lowest BCUT2D eigenvalue weighted by atomic mass is 9.99. The zero-order valence-corrected chi connectivity index (χ0v) is 15.4. The number of rotatable bonds is 7. The van der Waals surface area contributed by atoms with Crippen LogP contribution in [0.15, 0.2) is 22.7 Å². The van der Waals surface area contributed by atoms with Gasteiger partial charge in [-0.15, -0.1) is 0 Å². The average molecular weight is 372 g/mol. The van der Waals surface area contributed by atoms with E-state index in [4.69, 9.17) is 4.74 Å². The van der Waals surface area contributed by atoms with Crippen LogP contribution in [0.3, 0.4) is 0 Å². The maximum Gasteiger partial charge on any atom is 0.119 e. The normalized spacial score (nSPS) is 20.2. The van der Waals surface area contributed by atoms with Crippen molar-refractivity contribution >= 4 is 27.7 Å². The number of hydrogen-bond donors (Lipinski definition) is 1. The van der Waals surface area contributed by atoms with E-state index in [1.54, 1.807) is 7.11 Å². The van der Waals surface area contributed by atoms with Crippen molar-refractivity contribution in [1.29, 1.82) is 0 Å². The quantitative estimate of drug-likeness (QED) is 0.753. The highest BCUT2D eigenvalue weighted by molar-refractivity contribution is 9.10. The minimum absolute atomic E-state index is 0.554. The summed E-state index contributed by atoms with van der Waals surface area (Å²) in [6.45, 7) is 3.34. The molecule has 1 aromatic carbocycles. The SMILES string of the molecule is CCCNC(Cc1cc(OC)ccc1Br)C1CCCCS1. The van der Waals surface area contributed by atoms with Gasteiger partial charge < -0.3 is 10.1 Å². The lowest BCUT2D eigenvalue weighted by Crippen LogP contribution is -2.41. The number of methoxy groups -OCH3 is 1. The van der Waals surface area contributed by atoms with E-state index in [1.807, 2.05) is 6.07 Å². The van der Waals surface area contributed by atoms with Crippen LogP contribution in [0.25, 0.3) is 0 Å². The first kappa shape index (κ1) is 17.2. The van der Waals surface area contributed by atoms with Gasteiger partial charge in [-0.1, -0.05) is 29.3 Å². The molecule has 1 N–H and O–H groups in total. The highest BCUT2D eigenvalue weighted by Gasteiger charge is 2.24. The van der Waals surface area contributed by atoms with Gasteiger partial charge in [-0.05, 0) is 61.7 Å². The maximum atomic E-state index is 5.37. The molecule has 2 unspecified atom stereocenters. The van der Waals surface area contributed by atoms with Crippen LogP contribution < -0.4 is 10.1 Å². The molecule has 1 aliphatic heterocycles. The Bertz CT molecular complexity index is 435. The van der Waals surface area contributed by atoms with Crippen LogP contribution in [0.1, 0.15) is 38.2 Å². The standard InChI is InChI=1S/C17H26BrNOS/c1-3-9-19-16(17-6-4-5-10-21-17)12-13-11-14(20-2)7-8-15(13)18/h7-8,11,16-17,19H,3-6,9-10,12H2,1-2H3. The van der Waals surface area contributed by atoms with Crippen LogP contribution in [-0.4, -0.2) is 30.7 Å². The Hall–Kier alpha value is -0.190. The molecule has 0 aliphatic carbocycles. The molecule has 0 saturated carbocycles. The van der Waals surface area contributed by atoms with Gasteiger partial charge in [0.15, 0.2) is 0 Å². The fraction of sp³-hybridized carbons (Fsp3) is 0.647. The summed E-state index contributed by atoms with van der Waals surface area (Å²) in [5, 5.41) is 4.51. The van der Waals surface area contributed by atoms with Crippen molar-refractivity contribution in [3.63, 3.8) is 0 Å². The van der Waals surface area contributed by atoms with Gasteiger partial charge in [0.2, 0.25) is 0 Å². The molecule has 1 aromatic rings. The summed E-state index contributed by atoms with van der Waals surface area (Å²) in [6.07, 6.45) is 6.35. The topological polar surface area (TPSA) is 21.3 Å². The second-order valence-corrected chi connectivity index (χ2v) is 7.83. The van der Waals surface area contributed by atoms with Crippen LogP contribution >= 0.6 is 27.7 Å². The Kier molecular flexibility index (Phi) is 7.41. The van der Waals surface area contributed by atoms with Crippen molar-refractivity contribution in [2.24, 2.45) is 0 Å². The molecule has 2 nitrogen and oxygen atoms in total. The van der Waals surface area contributed by atoms with E-state index in [0.29, 0.717) is 6.04 Å². The van der Waals surface area contributed by atoms with Crippen molar-refractivity contribution in [2.45, 2.75) is 50.3 Å². The number of benzene rings is 1. The van der Waals surface area contributed by atoms with E-state index in [0.717, 1.165) is 24.0 Å². The van der Waals surface area contributed by atoms with E-state index < -0.39 is 0 Å². The van der Waals surface area contributed by atoms with Gasteiger partial charge in [0, 0.05) is 15.8 Å². The van der Waals surface area contributed by atoms with Gasteiger partial charge in [-0.3, -0.25) is 0 Å². The second-order valence-electron chi connectivity index (χ2n) is 5.63. The minimum Gasteiger partial charge on any atom is -0.497 e. The maximum absolute atomic E-state index is 5.37. The monoisotopic (exact) mass is 371 g/mol. The highest BCUT2D eigenvalue weighted by atomic mass is 79.9. The fourth-order valence-electron chi connectivity index (χ4n) is 2.82. The minimum atomic E-state index is 0.554. The number of thioether (sulfide) groups is 1. The molecule has 1 saturated heterocycles. The molecule has 0 bridgehead atoms. The van der Waals surface area contributed by atoms with E-state index >= 15 is 0 Å². The molecule has 1 heterocycles. The van der Waals surface area contributed by atoms with Crippen LogP contribution in [0.5, 0.6) is 5.75 Å². The molecule has 0 aromatic heterocycles. The predicted octanol–water partition coefficient (Wildman–Crippen LogP) is 4.65. The van der Waals surface area contributed by atoms with Crippen molar-refractivity contribution < 1.29 is 4.74 Å². The molecule has 1 aliphatic rings. The van der Waals surface area contributed by atoms with Crippen LogP contribution in [0.4, 0.5) is 0 Å². The largest absolute Gasteiger partial charge is 0.497 e. The molecular formula is C17H26BrNOS. The molecule has 0 spiro atoms. The molecular weight excluding hydrogens is 346 g/mol. The second kappa shape index (κ2) is 9.06. The highest BCUT2D eigenvalue weighted by Crippen LogP contribution is 2.31. The van der Waals surface area contributed by atoms with Gasteiger partial charge in [0.1, 0.15) is 5.75 Å². The third kappa shape index (κ3) is 5.19. The predicted molar refractivity (Wildman–Crippen MR) is 96.6 cm³/mol. The smallest absolute Gasteiger partial charge is 0.119 e. The van der Waals surface area contributed by atoms with Gasteiger partial charge in [0.05, 0.1) is 7.11 Å². The molecule has 0 radical (unpaired) electrons. The first-order valence-electron chi connectivity index (χ1n) is 7.92. The Morgan fingerprint density at radius 1 is 1.43 bits per heavy atom. The fourth-order valence-corrected chi connectivity index (χ4v) is 4.66. The first-order chi connectivity index (χ1) is 10.2. The van der Waals surface area contributed by atoms with Gasteiger partial charge >= 0.3 is 0 Å². The molecule has 21 heavy (non-hydrogen) atoms. The Morgan fingerprint density at radius 3 is 2.95 bits per heavy atom. The summed E-state index contributed by atoms with van der Waals surface area (Å²) < 4.78 is 6.56. The Balaban J connectivity index is 2.09. The number of ether oxygens (including phenoxy) is 1.